The maximum Gasteiger partial charge on any atom is 0.418 e. The lowest BCUT2D eigenvalue weighted by Crippen LogP contribution is -2.44. The number of thioether (sulfide) groups is 1. The zero-order chi connectivity index (χ0) is 23.4. The van der Waals surface area contributed by atoms with Crippen LogP contribution in [0, 0.1) is 0 Å². The number of carbonyl (C=O) groups excluding carboxylic acids is 3. The van der Waals surface area contributed by atoms with Gasteiger partial charge < -0.3 is 14.8 Å². The Kier molecular flexibility index (Phi) is 7.40. The van der Waals surface area contributed by atoms with Gasteiger partial charge in [-0.2, -0.15) is 13.2 Å². The quantitative estimate of drug-likeness (QED) is 0.510. The molecule has 1 fully saturated rings. The first-order valence-corrected chi connectivity index (χ1v) is 10.2. The van der Waals surface area contributed by atoms with Crippen LogP contribution in [0.15, 0.2) is 29.3 Å². The van der Waals surface area contributed by atoms with E-state index in [-0.39, 0.29) is 30.3 Å². The molecule has 11 heteroatoms. The summed E-state index contributed by atoms with van der Waals surface area (Å²) in [6.45, 7) is 6.35. The van der Waals surface area contributed by atoms with Gasteiger partial charge in [-0.15, -0.1) is 0 Å². The topological polar surface area (TPSA) is 94.1 Å². The number of amides is 1. The number of aliphatic imine (C=N–C) groups is 1. The van der Waals surface area contributed by atoms with Gasteiger partial charge in [-0.05, 0) is 39.3 Å². The van der Waals surface area contributed by atoms with Crippen LogP contribution < -0.4 is 5.32 Å². The minimum atomic E-state index is -4.63. The van der Waals surface area contributed by atoms with Crippen molar-refractivity contribution in [2.45, 2.75) is 57.1 Å². The van der Waals surface area contributed by atoms with Crippen LogP contribution in [-0.2, 0) is 30.0 Å². The van der Waals surface area contributed by atoms with Gasteiger partial charge in [0.2, 0.25) is 0 Å². The normalized spacial score (nSPS) is 20.5. The second-order valence-corrected chi connectivity index (χ2v) is 8.93. The van der Waals surface area contributed by atoms with Gasteiger partial charge in [-0.1, -0.05) is 30.8 Å². The molecular formula is C20H23F3N2O5S. The van der Waals surface area contributed by atoms with E-state index in [2.05, 4.69) is 10.3 Å². The molecule has 1 amide bonds. The van der Waals surface area contributed by atoms with Gasteiger partial charge in [0.05, 0.1) is 17.7 Å². The molecule has 1 saturated heterocycles. The average Bonchev–Trinajstić information content (AvgIpc) is 2.96. The van der Waals surface area contributed by atoms with Crippen molar-refractivity contribution in [2.75, 3.05) is 6.61 Å². The van der Waals surface area contributed by atoms with Gasteiger partial charge in [-0.25, -0.2) is 9.79 Å². The summed E-state index contributed by atoms with van der Waals surface area (Å²) in [6.07, 6.45) is -4.82. The minimum Gasteiger partial charge on any atom is -0.464 e. The molecule has 1 aliphatic heterocycles. The number of esters is 2. The molecule has 1 aliphatic rings. The number of para-hydroxylation sites is 1. The number of ether oxygens (including phenoxy) is 2. The summed E-state index contributed by atoms with van der Waals surface area (Å²) in [4.78, 5) is 40.7. The van der Waals surface area contributed by atoms with E-state index in [1.807, 2.05) is 0 Å². The molecule has 1 aromatic rings. The Balaban J connectivity index is 2.13. The largest absolute Gasteiger partial charge is 0.464 e. The predicted octanol–water partition coefficient (Wildman–Crippen LogP) is 3.98. The molecule has 7 nitrogen and oxygen atoms in total. The van der Waals surface area contributed by atoms with E-state index in [1.54, 1.807) is 27.7 Å². The Bertz CT molecular complexity index is 896. The van der Waals surface area contributed by atoms with Gasteiger partial charge in [-0.3, -0.25) is 9.59 Å². The van der Waals surface area contributed by atoms with Gasteiger partial charge in [0.15, 0.2) is 9.91 Å². The molecule has 1 N–H and O–H groups in total. The number of benzene rings is 1. The Labute approximate surface area is 181 Å². The second kappa shape index (κ2) is 9.29. The van der Waals surface area contributed by atoms with Crippen LogP contribution >= 0.6 is 11.8 Å². The molecule has 1 heterocycles. The highest BCUT2D eigenvalue weighted by Crippen LogP contribution is 2.40. The molecule has 31 heavy (non-hydrogen) atoms. The molecule has 0 radical (unpaired) electrons. The molecule has 0 bridgehead atoms. The summed E-state index contributed by atoms with van der Waals surface area (Å²) in [6, 6.07) is 4.64. The lowest BCUT2D eigenvalue weighted by molar-refractivity contribution is -0.158. The summed E-state index contributed by atoms with van der Waals surface area (Å²) >= 11 is 0.689. The average molecular weight is 460 g/mol. The Morgan fingerprint density at radius 3 is 2.42 bits per heavy atom. The summed E-state index contributed by atoms with van der Waals surface area (Å²) in [7, 11) is 0. The third-order valence-electron chi connectivity index (χ3n) is 4.08. The fourth-order valence-corrected chi connectivity index (χ4v) is 3.70. The van der Waals surface area contributed by atoms with Crippen LogP contribution in [0.1, 0.15) is 46.1 Å². The number of hydrogen-bond acceptors (Lipinski definition) is 7. The molecular weight excluding hydrogens is 437 g/mol. The van der Waals surface area contributed by atoms with Gasteiger partial charge in [0.1, 0.15) is 12.2 Å². The number of halogens is 3. The van der Waals surface area contributed by atoms with Crippen LogP contribution in [0.2, 0.25) is 0 Å². The predicted molar refractivity (Wildman–Crippen MR) is 109 cm³/mol. The van der Waals surface area contributed by atoms with E-state index < -0.39 is 39.9 Å². The number of nitrogens with zero attached hydrogens (tertiary/aromatic N) is 1. The molecule has 170 valence electrons. The van der Waals surface area contributed by atoms with Gasteiger partial charge in [0, 0.05) is 0 Å². The zero-order valence-corrected chi connectivity index (χ0v) is 18.3. The first-order chi connectivity index (χ1) is 14.3. The van der Waals surface area contributed by atoms with Gasteiger partial charge in [0.25, 0.3) is 5.91 Å². The maximum absolute atomic E-state index is 13.2. The lowest BCUT2D eigenvalue weighted by Gasteiger charge is -2.21. The van der Waals surface area contributed by atoms with E-state index in [0.717, 1.165) is 12.1 Å². The second-order valence-electron chi connectivity index (χ2n) is 7.64. The van der Waals surface area contributed by atoms with Crippen molar-refractivity contribution >= 4 is 40.5 Å². The highest BCUT2D eigenvalue weighted by Gasteiger charge is 2.53. The number of alkyl halides is 3. The highest BCUT2D eigenvalue weighted by molar-refractivity contribution is 8.17. The van der Waals surface area contributed by atoms with E-state index >= 15 is 0 Å². The number of hydrogen-bond donors (Lipinski definition) is 1. The van der Waals surface area contributed by atoms with Gasteiger partial charge >= 0.3 is 18.1 Å². The maximum atomic E-state index is 13.2. The van der Waals surface area contributed by atoms with Crippen LogP contribution in [0.4, 0.5) is 18.9 Å². The van der Waals surface area contributed by atoms with Crippen molar-refractivity contribution < 1.29 is 37.0 Å². The number of carbonyl (C=O) groups is 3. The summed E-state index contributed by atoms with van der Waals surface area (Å²) in [5, 5.41) is 2.20. The van der Waals surface area contributed by atoms with Crippen LogP contribution in [-0.4, -0.2) is 40.0 Å². The van der Waals surface area contributed by atoms with Crippen molar-refractivity contribution in [1.82, 2.24) is 5.32 Å². The molecule has 0 spiro atoms. The first kappa shape index (κ1) is 24.7. The highest BCUT2D eigenvalue weighted by atomic mass is 32.2. The lowest BCUT2D eigenvalue weighted by atomic mass is 10.1. The Morgan fingerprint density at radius 1 is 1.19 bits per heavy atom. The van der Waals surface area contributed by atoms with Crippen LogP contribution in [0.5, 0.6) is 0 Å². The molecule has 1 aromatic carbocycles. The van der Waals surface area contributed by atoms with Crippen molar-refractivity contribution in [1.29, 1.82) is 0 Å². The third kappa shape index (κ3) is 6.22. The number of rotatable bonds is 6. The van der Waals surface area contributed by atoms with E-state index in [1.165, 1.54) is 12.1 Å². The first-order valence-electron chi connectivity index (χ1n) is 9.43. The molecule has 0 aromatic heterocycles. The summed E-state index contributed by atoms with van der Waals surface area (Å²) < 4.78 is 48.0. The minimum absolute atomic E-state index is 0.00864. The van der Waals surface area contributed by atoms with Crippen molar-refractivity contribution in [2.24, 2.45) is 4.99 Å². The molecule has 1 unspecified atom stereocenters. The summed E-state index contributed by atoms with van der Waals surface area (Å²) in [5.41, 5.74) is -2.04. The Hall–Kier alpha value is -2.56. The molecule has 1 atom stereocenters. The number of nitrogens with one attached hydrogen (secondary N) is 1. The molecule has 0 saturated carbocycles. The SMILES string of the molecule is CCC1(C(=O)OCCC(=O)OC(C)(C)C)SC(=Nc2ccccc2C(F)(F)F)NC1=O. The molecule has 2 rings (SSSR count). The zero-order valence-electron chi connectivity index (χ0n) is 17.5. The Morgan fingerprint density at radius 2 is 1.84 bits per heavy atom. The summed E-state index contributed by atoms with van der Waals surface area (Å²) in [5.74, 6) is -2.22. The van der Waals surface area contributed by atoms with Crippen molar-refractivity contribution in [3.8, 4) is 0 Å². The van der Waals surface area contributed by atoms with E-state index in [4.69, 9.17) is 9.47 Å². The van der Waals surface area contributed by atoms with Crippen molar-refractivity contribution in [3.63, 3.8) is 0 Å². The molecule has 0 aliphatic carbocycles. The van der Waals surface area contributed by atoms with E-state index in [9.17, 15) is 27.6 Å². The fraction of sp³-hybridized carbons (Fsp3) is 0.500. The van der Waals surface area contributed by atoms with Crippen LogP contribution in [0.3, 0.4) is 0 Å². The fourth-order valence-electron chi connectivity index (χ4n) is 2.65. The smallest absolute Gasteiger partial charge is 0.418 e. The number of amidine groups is 1. The van der Waals surface area contributed by atoms with Crippen molar-refractivity contribution in [3.05, 3.63) is 29.8 Å². The van der Waals surface area contributed by atoms with Crippen LogP contribution in [0.25, 0.3) is 0 Å². The third-order valence-corrected chi connectivity index (χ3v) is 5.45. The van der Waals surface area contributed by atoms with E-state index in [0.29, 0.717) is 11.8 Å². The standard InChI is InChI=1S/C20H23F3N2O5S/c1-5-19(16(28)29-11-10-14(26)30-18(2,3)4)15(27)25-17(31-19)24-13-9-7-6-8-12(13)20(21,22)23/h6-9H,5,10-11H2,1-4H3,(H,24,25,27). The monoisotopic (exact) mass is 460 g/mol.